The number of nitrogens with zero attached hydrogens (tertiary/aromatic N) is 2. The number of hydrogen-bond donors (Lipinski definition) is 2. The number of ether oxygens (including phenoxy) is 1. The number of hydrogen-bond acceptors (Lipinski definition) is 8. The summed E-state index contributed by atoms with van der Waals surface area (Å²) < 4.78 is 27.8. The summed E-state index contributed by atoms with van der Waals surface area (Å²) in [5.74, 6) is -0.983. The molecule has 3 rings (SSSR count). The van der Waals surface area contributed by atoms with Crippen molar-refractivity contribution in [3.8, 4) is 0 Å². The second-order valence-electron chi connectivity index (χ2n) is 8.24. The number of nitro benzene ring substituents is 1. The second kappa shape index (κ2) is 10.2. The Kier molecular flexibility index (Phi) is 7.52. The minimum atomic E-state index is -3.87. The summed E-state index contributed by atoms with van der Waals surface area (Å²) in [6.07, 6.45) is 0.643. The smallest absolute Gasteiger partial charge is 0.339 e. The molecular weight excluding hydrogens is 464 g/mol. The van der Waals surface area contributed by atoms with E-state index in [2.05, 4.69) is 12.2 Å². The Hall–Kier alpha value is -3.51. The fraction of sp³-hybridized carbons (Fsp3) is 0.364. The molecule has 2 aromatic carbocycles. The molecule has 1 heterocycles. The van der Waals surface area contributed by atoms with Crippen LogP contribution in [-0.4, -0.2) is 44.4 Å². The van der Waals surface area contributed by atoms with Gasteiger partial charge >= 0.3 is 5.97 Å². The molecule has 0 bridgehead atoms. The Bertz CT molecular complexity index is 1190. The van der Waals surface area contributed by atoms with Crippen LogP contribution in [0.2, 0.25) is 0 Å². The van der Waals surface area contributed by atoms with Crippen LogP contribution in [0.4, 0.5) is 17.1 Å². The molecule has 2 aromatic rings. The van der Waals surface area contributed by atoms with Crippen molar-refractivity contribution < 1.29 is 27.7 Å². The van der Waals surface area contributed by atoms with Crippen LogP contribution in [0.3, 0.4) is 0 Å². The maximum absolute atomic E-state index is 12.6. The molecule has 1 amide bonds. The number of esters is 1. The van der Waals surface area contributed by atoms with Gasteiger partial charge in [0, 0.05) is 24.8 Å². The summed E-state index contributed by atoms with van der Waals surface area (Å²) in [5.41, 5.74) is 0.479. The van der Waals surface area contributed by atoms with Crippen LogP contribution in [-0.2, 0) is 19.6 Å². The molecule has 0 aromatic heterocycles. The fourth-order valence-electron chi connectivity index (χ4n) is 3.57. The van der Waals surface area contributed by atoms with E-state index in [1.807, 2.05) is 4.90 Å². The number of nitrogens with two attached hydrogens (primary N) is 1. The molecule has 0 aliphatic carbocycles. The van der Waals surface area contributed by atoms with E-state index < -0.39 is 32.9 Å². The lowest BCUT2D eigenvalue weighted by molar-refractivity contribution is -0.384. The van der Waals surface area contributed by atoms with Gasteiger partial charge in [-0.3, -0.25) is 14.9 Å². The number of anilines is 2. The van der Waals surface area contributed by atoms with Crippen molar-refractivity contribution in [1.82, 2.24) is 0 Å². The summed E-state index contributed by atoms with van der Waals surface area (Å²) in [7, 11) is -3.87. The fourth-order valence-corrected chi connectivity index (χ4v) is 4.08. The van der Waals surface area contributed by atoms with Gasteiger partial charge in [0.2, 0.25) is 10.0 Å². The van der Waals surface area contributed by atoms with Crippen molar-refractivity contribution in [3.05, 3.63) is 58.1 Å². The number of piperidine rings is 1. The maximum atomic E-state index is 12.6. The van der Waals surface area contributed by atoms with Gasteiger partial charge in [0.1, 0.15) is 5.69 Å². The summed E-state index contributed by atoms with van der Waals surface area (Å²) >= 11 is 0. The molecule has 1 atom stereocenters. The molecule has 0 spiro atoms. The zero-order chi connectivity index (χ0) is 25.0. The number of benzene rings is 2. The van der Waals surface area contributed by atoms with Gasteiger partial charge in [0.05, 0.1) is 15.4 Å². The Balaban J connectivity index is 1.67. The Morgan fingerprint density at radius 3 is 2.35 bits per heavy atom. The number of amides is 1. The van der Waals surface area contributed by atoms with Gasteiger partial charge in [-0.15, -0.1) is 0 Å². The molecule has 0 saturated carbocycles. The van der Waals surface area contributed by atoms with Gasteiger partial charge in [0.15, 0.2) is 6.10 Å². The van der Waals surface area contributed by atoms with E-state index in [1.165, 1.54) is 43.3 Å². The SMILES string of the molecule is CC1CCN(c2ccc(C(=O)OC(C)C(=O)Nc3ccc(S(N)(=O)=O)cc3)cc2[N+](=O)[O-])CC1. The molecule has 3 N–H and O–H groups in total. The first kappa shape index (κ1) is 25.1. The average Bonchev–Trinajstić information content (AvgIpc) is 2.78. The highest BCUT2D eigenvalue weighted by Gasteiger charge is 2.26. The number of sulfonamides is 1. The number of carbonyl (C=O) groups is 2. The van der Waals surface area contributed by atoms with Crippen LogP contribution < -0.4 is 15.4 Å². The maximum Gasteiger partial charge on any atom is 0.339 e. The molecule has 1 aliphatic heterocycles. The third-order valence-corrected chi connectivity index (χ3v) is 6.56. The Labute approximate surface area is 197 Å². The monoisotopic (exact) mass is 490 g/mol. The molecular formula is C22H26N4O7S. The lowest BCUT2D eigenvalue weighted by Gasteiger charge is -2.31. The Morgan fingerprint density at radius 1 is 1.18 bits per heavy atom. The number of rotatable bonds is 7. The molecule has 0 radical (unpaired) electrons. The number of nitro groups is 1. The first-order valence-corrected chi connectivity index (χ1v) is 12.2. The molecule has 182 valence electrons. The van der Waals surface area contributed by atoms with E-state index in [1.54, 1.807) is 0 Å². The van der Waals surface area contributed by atoms with Crippen molar-refractivity contribution >= 4 is 39.0 Å². The zero-order valence-corrected chi connectivity index (χ0v) is 19.6. The van der Waals surface area contributed by atoms with Crippen molar-refractivity contribution in [2.24, 2.45) is 11.1 Å². The van der Waals surface area contributed by atoms with Crippen LogP contribution in [0.1, 0.15) is 37.0 Å². The number of nitrogens with one attached hydrogen (secondary N) is 1. The summed E-state index contributed by atoms with van der Waals surface area (Å²) in [6, 6.07) is 9.27. The number of carbonyl (C=O) groups excluding carboxylic acids is 2. The van der Waals surface area contributed by atoms with Gasteiger partial charge in [-0.2, -0.15) is 0 Å². The first-order valence-electron chi connectivity index (χ1n) is 10.6. The predicted octanol–water partition coefficient (Wildman–Crippen LogP) is 2.66. The van der Waals surface area contributed by atoms with Gasteiger partial charge in [-0.1, -0.05) is 6.92 Å². The van der Waals surface area contributed by atoms with Crippen molar-refractivity contribution in [1.29, 1.82) is 0 Å². The van der Waals surface area contributed by atoms with Crippen LogP contribution in [0, 0.1) is 16.0 Å². The zero-order valence-electron chi connectivity index (χ0n) is 18.8. The van der Waals surface area contributed by atoms with Crippen molar-refractivity contribution in [2.45, 2.75) is 37.7 Å². The molecule has 11 nitrogen and oxygen atoms in total. The van der Waals surface area contributed by atoms with E-state index >= 15 is 0 Å². The average molecular weight is 491 g/mol. The van der Waals surface area contributed by atoms with Crippen LogP contribution >= 0.6 is 0 Å². The minimum Gasteiger partial charge on any atom is -0.449 e. The molecule has 34 heavy (non-hydrogen) atoms. The van der Waals surface area contributed by atoms with E-state index in [4.69, 9.17) is 9.88 Å². The quantitative estimate of drug-likeness (QED) is 0.340. The lowest BCUT2D eigenvalue weighted by Crippen LogP contribution is -2.33. The molecule has 1 aliphatic rings. The Morgan fingerprint density at radius 2 is 1.79 bits per heavy atom. The summed E-state index contributed by atoms with van der Waals surface area (Å²) in [4.78, 5) is 37.9. The van der Waals surface area contributed by atoms with Gasteiger partial charge in [-0.05, 0) is 62.1 Å². The van der Waals surface area contributed by atoms with Crippen LogP contribution in [0.5, 0.6) is 0 Å². The second-order valence-corrected chi connectivity index (χ2v) is 9.80. The minimum absolute atomic E-state index is 0.0435. The standard InChI is InChI=1S/C22H26N4O7S/c1-14-9-11-25(12-10-14)19-8-3-16(13-20(19)26(29)30)22(28)33-15(2)21(27)24-17-4-6-18(7-5-17)34(23,31)32/h3-8,13-15H,9-12H2,1-2H3,(H,24,27)(H2,23,31,32). The molecule has 1 saturated heterocycles. The third kappa shape index (κ3) is 6.08. The van der Waals surface area contributed by atoms with Crippen LogP contribution in [0.15, 0.2) is 47.4 Å². The summed E-state index contributed by atoms with van der Waals surface area (Å²) in [5, 5.41) is 19.2. The highest BCUT2D eigenvalue weighted by atomic mass is 32.2. The largest absolute Gasteiger partial charge is 0.449 e. The first-order chi connectivity index (χ1) is 16.0. The van der Waals surface area contributed by atoms with Crippen molar-refractivity contribution in [2.75, 3.05) is 23.3 Å². The lowest BCUT2D eigenvalue weighted by atomic mass is 9.98. The molecule has 12 heteroatoms. The van der Waals surface area contributed by atoms with E-state index in [0.29, 0.717) is 24.7 Å². The summed E-state index contributed by atoms with van der Waals surface area (Å²) in [6.45, 7) is 4.88. The van der Waals surface area contributed by atoms with E-state index in [0.717, 1.165) is 18.9 Å². The predicted molar refractivity (Wildman–Crippen MR) is 125 cm³/mol. The van der Waals surface area contributed by atoms with E-state index in [9.17, 15) is 28.1 Å². The normalized spacial score (nSPS) is 15.4. The van der Waals surface area contributed by atoms with Crippen molar-refractivity contribution in [3.63, 3.8) is 0 Å². The van der Waals surface area contributed by atoms with E-state index in [-0.39, 0.29) is 21.8 Å². The highest BCUT2D eigenvalue weighted by molar-refractivity contribution is 7.89. The third-order valence-electron chi connectivity index (χ3n) is 5.64. The number of primary sulfonamides is 1. The van der Waals surface area contributed by atoms with Gasteiger partial charge in [0.25, 0.3) is 11.6 Å². The highest BCUT2D eigenvalue weighted by Crippen LogP contribution is 2.32. The molecule has 1 unspecified atom stereocenters. The molecule has 1 fully saturated rings. The van der Waals surface area contributed by atoms with Crippen LogP contribution in [0.25, 0.3) is 0 Å². The van der Waals surface area contributed by atoms with Gasteiger partial charge < -0.3 is 15.0 Å². The van der Waals surface area contributed by atoms with Gasteiger partial charge in [-0.25, -0.2) is 18.4 Å². The topological polar surface area (TPSA) is 162 Å².